The van der Waals surface area contributed by atoms with Gasteiger partial charge in [0.05, 0.1) is 5.54 Å². The van der Waals surface area contributed by atoms with Gasteiger partial charge in [-0.15, -0.1) is 11.8 Å². The van der Waals surface area contributed by atoms with Crippen LogP contribution in [0.1, 0.15) is 52.9 Å². The summed E-state index contributed by atoms with van der Waals surface area (Å²) in [6.07, 6.45) is 5.05. The maximum absolute atomic E-state index is 12.1. The molecule has 0 radical (unpaired) electrons. The molecule has 1 rings (SSSR count). The van der Waals surface area contributed by atoms with Crippen LogP contribution in [-0.4, -0.2) is 29.3 Å². The molecule has 16 heavy (non-hydrogen) atoms. The summed E-state index contributed by atoms with van der Waals surface area (Å²) < 4.78 is 0. The second kappa shape index (κ2) is 6.06. The van der Waals surface area contributed by atoms with Gasteiger partial charge < -0.3 is 0 Å². The Labute approximate surface area is 99.4 Å². The third-order valence-electron chi connectivity index (χ3n) is 3.48. The number of carbonyl (C=O) groups excluding carboxylic acids is 1. The van der Waals surface area contributed by atoms with Crippen LogP contribution in [0.3, 0.4) is 0 Å². The van der Waals surface area contributed by atoms with E-state index in [4.69, 9.17) is 0 Å². The molecule has 0 bridgehead atoms. The van der Waals surface area contributed by atoms with Gasteiger partial charge in [0.2, 0.25) is 0 Å². The van der Waals surface area contributed by atoms with Crippen molar-refractivity contribution in [2.24, 2.45) is 0 Å². The van der Waals surface area contributed by atoms with Crippen molar-refractivity contribution in [3.8, 4) is 11.8 Å². The molecule has 0 atom stereocenters. The highest BCUT2D eigenvalue weighted by Gasteiger charge is 2.33. The molecule has 0 unspecified atom stereocenters. The monoisotopic (exact) mass is 221 g/mol. The molecule has 0 aromatic heterocycles. The van der Waals surface area contributed by atoms with Crippen molar-refractivity contribution < 1.29 is 4.79 Å². The highest BCUT2D eigenvalue weighted by Crippen LogP contribution is 2.22. The van der Waals surface area contributed by atoms with Gasteiger partial charge in [-0.3, -0.25) is 9.69 Å². The van der Waals surface area contributed by atoms with Crippen molar-refractivity contribution in [2.45, 2.75) is 58.4 Å². The second-order valence-corrected chi connectivity index (χ2v) is 4.96. The summed E-state index contributed by atoms with van der Waals surface area (Å²) in [6, 6.07) is 0. The van der Waals surface area contributed by atoms with Crippen LogP contribution in [-0.2, 0) is 4.79 Å². The van der Waals surface area contributed by atoms with Crippen LogP contribution in [0.2, 0.25) is 0 Å². The maximum Gasteiger partial charge on any atom is 0.153 e. The number of likely N-dealkylation sites (tertiary alicyclic amines) is 1. The minimum absolute atomic E-state index is 0.296. The predicted octanol–water partition coefficient (Wildman–Crippen LogP) is 2.62. The first kappa shape index (κ1) is 13.3. The first-order valence-electron chi connectivity index (χ1n) is 6.27. The summed E-state index contributed by atoms with van der Waals surface area (Å²) in [5.74, 6) is 6.13. The topological polar surface area (TPSA) is 20.3 Å². The first-order valence-corrected chi connectivity index (χ1v) is 6.27. The predicted molar refractivity (Wildman–Crippen MR) is 67.2 cm³/mol. The van der Waals surface area contributed by atoms with E-state index in [0.717, 1.165) is 13.1 Å². The summed E-state index contributed by atoms with van der Waals surface area (Å²) in [5, 5.41) is 0. The molecule has 1 fully saturated rings. The number of rotatable bonds is 4. The van der Waals surface area contributed by atoms with E-state index in [1.54, 1.807) is 0 Å². The summed E-state index contributed by atoms with van der Waals surface area (Å²) in [6.45, 7) is 8.07. The molecule has 1 aliphatic rings. The van der Waals surface area contributed by atoms with Gasteiger partial charge in [0.25, 0.3) is 0 Å². The summed E-state index contributed by atoms with van der Waals surface area (Å²) in [5.41, 5.74) is -0.296. The van der Waals surface area contributed by atoms with E-state index in [0.29, 0.717) is 18.6 Å². The van der Waals surface area contributed by atoms with Crippen LogP contribution in [0.25, 0.3) is 0 Å². The van der Waals surface area contributed by atoms with Crippen LogP contribution in [0.4, 0.5) is 0 Å². The molecule has 1 saturated heterocycles. The number of carbonyl (C=O) groups is 1. The van der Waals surface area contributed by atoms with Crippen LogP contribution in [0.15, 0.2) is 0 Å². The van der Waals surface area contributed by atoms with Gasteiger partial charge >= 0.3 is 0 Å². The fraction of sp³-hybridized carbons (Fsp3) is 0.786. The molecule has 0 spiro atoms. The molecule has 2 heteroatoms. The highest BCUT2D eigenvalue weighted by atomic mass is 16.1. The average Bonchev–Trinajstić information content (AvgIpc) is 2.30. The highest BCUT2D eigenvalue weighted by molar-refractivity contribution is 5.87. The second-order valence-electron chi connectivity index (χ2n) is 4.96. The lowest BCUT2D eigenvalue weighted by Gasteiger charge is -2.39. The Morgan fingerprint density at radius 2 is 1.88 bits per heavy atom. The summed E-state index contributed by atoms with van der Waals surface area (Å²) >= 11 is 0. The largest absolute Gasteiger partial charge is 0.298 e. The molecular formula is C14H23NO. The lowest BCUT2D eigenvalue weighted by Crippen LogP contribution is -2.52. The number of ketones is 1. The van der Waals surface area contributed by atoms with Crippen molar-refractivity contribution in [1.82, 2.24) is 4.90 Å². The number of hydrogen-bond donors (Lipinski definition) is 0. The van der Waals surface area contributed by atoms with Crippen molar-refractivity contribution in [3.05, 3.63) is 0 Å². The van der Waals surface area contributed by atoms with Gasteiger partial charge in [-0.25, -0.2) is 0 Å². The molecule has 0 aliphatic carbocycles. The normalized spacial score (nSPS) is 17.7. The Kier molecular flexibility index (Phi) is 5.02. The lowest BCUT2D eigenvalue weighted by molar-refractivity contribution is -0.130. The third-order valence-corrected chi connectivity index (χ3v) is 3.48. The standard InChI is InChI=1S/C14H23NO/c1-4-5-7-10-13(16)14(2,3)15-11-8-6-9-12-15/h6-12H2,1-3H3. The molecule has 0 aromatic rings. The number of piperidine rings is 1. The van der Waals surface area contributed by atoms with E-state index in [2.05, 4.69) is 30.6 Å². The molecule has 90 valence electrons. The lowest BCUT2D eigenvalue weighted by atomic mass is 9.91. The van der Waals surface area contributed by atoms with E-state index >= 15 is 0 Å². The summed E-state index contributed by atoms with van der Waals surface area (Å²) in [4.78, 5) is 14.5. The fourth-order valence-electron chi connectivity index (χ4n) is 2.24. The zero-order valence-corrected chi connectivity index (χ0v) is 10.8. The molecule has 0 N–H and O–H groups in total. The Morgan fingerprint density at radius 3 is 2.44 bits per heavy atom. The van der Waals surface area contributed by atoms with E-state index in [-0.39, 0.29) is 5.54 Å². The van der Waals surface area contributed by atoms with E-state index in [9.17, 15) is 4.79 Å². The van der Waals surface area contributed by atoms with Crippen molar-refractivity contribution >= 4 is 5.78 Å². The van der Waals surface area contributed by atoms with Gasteiger partial charge in [0.15, 0.2) is 5.78 Å². The van der Waals surface area contributed by atoms with Gasteiger partial charge in [0, 0.05) is 12.8 Å². The smallest absolute Gasteiger partial charge is 0.153 e. The Bertz CT molecular complexity index is 290. The minimum atomic E-state index is -0.296. The molecule has 0 aromatic carbocycles. The maximum atomic E-state index is 12.1. The summed E-state index contributed by atoms with van der Waals surface area (Å²) in [7, 11) is 0. The molecule has 2 nitrogen and oxygen atoms in total. The molecule has 1 aliphatic heterocycles. The molecule has 0 saturated carbocycles. The zero-order chi connectivity index (χ0) is 12.0. The quantitative estimate of drug-likeness (QED) is 0.680. The molecule has 1 heterocycles. The minimum Gasteiger partial charge on any atom is -0.298 e. The Morgan fingerprint density at radius 1 is 1.25 bits per heavy atom. The average molecular weight is 221 g/mol. The van der Waals surface area contributed by atoms with E-state index < -0.39 is 0 Å². The number of nitrogens with zero attached hydrogens (tertiary/aromatic N) is 1. The van der Waals surface area contributed by atoms with Gasteiger partial charge in [-0.05, 0) is 46.7 Å². The molecular weight excluding hydrogens is 198 g/mol. The van der Waals surface area contributed by atoms with Crippen LogP contribution < -0.4 is 0 Å². The SMILES string of the molecule is CC#CCCC(=O)C(C)(C)N1CCCCC1. The number of hydrogen-bond acceptors (Lipinski definition) is 2. The van der Waals surface area contributed by atoms with Gasteiger partial charge in [-0.2, -0.15) is 0 Å². The van der Waals surface area contributed by atoms with Crippen LogP contribution in [0, 0.1) is 11.8 Å². The molecule has 0 amide bonds. The number of Topliss-reactive ketones (excluding diaryl/α,β-unsaturated/α-hetero) is 1. The Balaban J connectivity index is 2.52. The Hall–Kier alpha value is -0.810. The van der Waals surface area contributed by atoms with Crippen molar-refractivity contribution in [2.75, 3.05) is 13.1 Å². The van der Waals surface area contributed by atoms with Gasteiger partial charge in [0.1, 0.15) is 0 Å². The first-order chi connectivity index (χ1) is 7.59. The van der Waals surface area contributed by atoms with Gasteiger partial charge in [-0.1, -0.05) is 6.42 Å². The van der Waals surface area contributed by atoms with Crippen molar-refractivity contribution in [3.63, 3.8) is 0 Å². The third kappa shape index (κ3) is 3.35. The van der Waals surface area contributed by atoms with Crippen LogP contribution >= 0.6 is 0 Å². The zero-order valence-electron chi connectivity index (χ0n) is 10.8. The fourth-order valence-corrected chi connectivity index (χ4v) is 2.24. The van der Waals surface area contributed by atoms with E-state index in [1.807, 2.05) is 6.92 Å². The van der Waals surface area contributed by atoms with E-state index in [1.165, 1.54) is 19.3 Å². The van der Waals surface area contributed by atoms with Crippen molar-refractivity contribution in [1.29, 1.82) is 0 Å². The van der Waals surface area contributed by atoms with Crippen LogP contribution in [0.5, 0.6) is 0 Å².